The smallest absolute Gasteiger partial charge is 0.323 e. The fraction of sp³-hybridized carbons (Fsp3) is 0.286. The summed E-state index contributed by atoms with van der Waals surface area (Å²) in [6.45, 7) is 5.00. The number of nitrogens with zero attached hydrogens (tertiary/aromatic N) is 1. The number of amides is 1. The van der Waals surface area contributed by atoms with Crippen LogP contribution in [0.5, 0.6) is 0 Å². The second-order valence-electron chi connectivity index (χ2n) is 7.32. The van der Waals surface area contributed by atoms with E-state index in [0.29, 0.717) is 22.5 Å². The van der Waals surface area contributed by atoms with Gasteiger partial charge in [0.25, 0.3) is 5.91 Å². The van der Waals surface area contributed by atoms with E-state index in [-0.39, 0.29) is 10.9 Å². The number of hydrogen-bond acceptors (Lipinski definition) is 6. The summed E-state index contributed by atoms with van der Waals surface area (Å²) in [4.78, 5) is 29.1. The third kappa shape index (κ3) is 7.41. The van der Waals surface area contributed by atoms with E-state index in [9.17, 15) is 23.1 Å². The van der Waals surface area contributed by atoms with Crippen molar-refractivity contribution in [3.05, 3.63) is 56.8 Å². The molecular formula is C21H27N5O5S2. The molecule has 2 aromatic rings. The lowest BCUT2D eigenvalue weighted by Crippen LogP contribution is -2.48. The zero-order chi connectivity index (χ0) is 24.8. The number of benzene rings is 1. The monoisotopic (exact) mass is 493 g/mol. The Balaban J connectivity index is 2.07. The van der Waals surface area contributed by atoms with E-state index >= 15 is 0 Å². The Hall–Kier alpha value is -3.22. The average Bonchev–Trinajstić information content (AvgIpc) is 3.15. The predicted molar refractivity (Wildman–Crippen MR) is 129 cm³/mol. The number of carboxylic acid groups (broad SMARTS) is 1. The van der Waals surface area contributed by atoms with Crippen LogP contribution in [0, 0.1) is 20.8 Å². The summed E-state index contributed by atoms with van der Waals surface area (Å²) in [6.07, 6.45) is 3.46. The van der Waals surface area contributed by atoms with Crippen molar-refractivity contribution in [3.63, 3.8) is 0 Å². The molecule has 0 spiro atoms. The summed E-state index contributed by atoms with van der Waals surface area (Å²) >= 11 is 1.18. The minimum atomic E-state index is -4.13. The van der Waals surface area contributed by atoms with Crippen LogP contribution in [0.15, 0.2) is 40.2 Å². The second kappa shape index (κ2) is 11.1. The van der Waals surface area contributed by atoms with Gasteiger partial charge < -0.3 is 21.9 Å². The van der Waals surface area contributed by atoms with Crippen molar-refractivity contribution < 1.29 is 23.1 Å². The highest BCUT2D eigenvalue weighted by Gasteiger charge is 2.28. The van der Waals surface area contributed by atoms with Gasteiger partial charge in [-0.3, -0.25) is 9.59 Å². The Labute approximate surface area is 196 Å². The van der Waals surface area contributed by atoms with Crippen LogP contribution < -0.4 is 21.5 Å². The van der Waals surface area contributed by atoms with E-state index in [4.69, 9.17) is 11.5 Å². The Bertz CT molecular complexity index is 1170. The lowest BCUT2D eigenvalue weighted by Gasteiger charge is -2.18. The molecule has 0 unspecified atom stereocenters. The van der Waals surface area contributed by atoms with Gasteiger partial charge in [0.2, 0.25) is 10.0 Å². The summed E-state index contributed by atoms with van der Waals surface area (Å²) in [6, 6.07) is 5.17. The largest absolute Gasteiger partial charge is 0.480 e. The summed E-state index contributed by atoms with van der Waals surface area (Å²) < 4.78 is 27.9. The molecule has 0 radical (unpaired) electrons. The normalized spacial score (nSPS) is 12.5. The Morgan fingerprint density at radius 2 is 1.82 bits per heavy atom. The first-order valence-corrected chi connectivity index (χ1v) is 12.1. The van der Waals surface area contributed by atoms with E-state index in [0.717, 1.165) is 10.4 Å². The second-order valence-corrected chi connectivity index (χ2v) is 10.1. The molecule has 0 fully saturated rings. The predicted octanol–water partition coefficient (Wildman–Crippen LogP) is 1.12. The molecule has 7 N–H and O–H groups in total. The number of rotatable bonds is 10. The van der Waals surface area contributed by atoms with Crippen molar-refractivity contribution in [1.82, 2.24) is 10.0 Å². The number of nitrogens with one attached hydrogen (secondary N) is 2. The van der Waals surface area contributed by atoms with Gasteiger partial charge in [0.05, 0.1) is 16.3 Å². The topological polar surface area (TPSA) is 177 Å². The number of sulfonamides is 1. The number of hydrogen-bond donors (Lipinski definition) is 5. The van der Waals surface area contributed by atoms with Gasteiger partial charge in [-0.2, -0.15) is 4.72 Å². The number of guanidine groups is 1. The minimum Gasteiger partial charge on any atom is -0.480 e. The maximum atomic E-state index is 12.9. The van der Waals surface area contributed by atoms with E-state index in [2.05, 4.69) is 15.0 Å². The molecule has 0 saturated carbocycles. The first-order valence-electron chi connectivity index (χ1n) is 9.83. The van der Waals surface area contributed by atoms with Crippen molar-refractivity contribution in [2.75, 3.05) is 13.1 Å². The van der Waals surface area contributed by atoms with Crippen LogP contribution in [0.2, 0.25) is 0 Å². The van der Waals surface area contributed by atoms with E-state index in [1.165, 1.54) is 11.3 Å². The highest BCUT2D eigenvalue weighted by atomic mass is 32.2. The van der Waals surface area contributed by atoms with Gasteiger partial charge in [-0.25, -0.2) is 13.4 Å². The molecule has 0 aliphatic carbocycles. The Morgan fingerprint density at radius 1 is 1.18 bits per heavy atom. The maximum Gasteiger partial charge on any atom is 0.323 e. The zero-order valence-electron chi connectivity index (χ0n) is 18.5. The summed E-state index contributed by atoms with van der Waals surface area (Å²) in [7, 11) is -4.13. The molecule has 1 aromatic heterocycles. The summed E-state index contributed by atoms with van der Waals surface area (Å²) in [5.74, 6) is -1.95. The van der Waals surface area contributed by atoms with Crippen molar-refractivity contribution >= 4 is 45.3 Å². The number of aliphatic carboxylic acids is 1. The molecule has 178 valence electrons. The number of nitrogens with two attached hydrogens (primary N) is 2. The molecule has 2 rings (SSSR count). The van der Waals surface area contributed by atoms with Gasteiger partial charge in [-0.1, -0.05) is 23.8 Å². The third-order valence-corrected chi connectivity index (χ3v) is 7.27. The number of aryl methyl sites for hydroxylation is 3. The van der Waals surface area contributed by atoms with Gasteiger partial charge in [0.15, 0.2) is 5.96 Å². The molecule has 0 saturated heterocycles. The number of carbonyl (C=O) groups excluding carboxylic acids is 1. The molecule has 0 bridgehead atoms. The maximum absolute atomic E-state index is 12.9. The summed E-state index contributed by atoms with van der Waals surface area (Å²) in [5, 5.41) is 12.0. The molecule has 1 atom stereocenters. The third-order valence-electron chi connectivity index (χ3n) is 4.45. The first kappa shape index (κ1) is 26.0. The minimum absolute atomic E-state index is 0.0257. The molecule has 1 heterocycles. The van der Waals surface area contributed by atoms with E-state index in [1.54, 1.807) is 50.3 Å². The molecule has 33 heavy (non-hydrogen) atoms. The van der Waals surface area contributed by atoms with Crippen LogP contribution in [0.3, 0.4) is 0 Å². The van der Waals surface area contributed by atoms with Gasteiger partial charge in [-0.15, -0.1) is 11.3 Å². The van der Waals surface area contributed by atoms with Gasteiger partial charge >= 0.3 is 5.97 Å². The number of carbonyl (C=O) groups is 2. The van der Waals surface area contributed by atoms with Crippen LogP contribution in [-0.4, -0.2) is 50.5 Å². The van der Waals surface area contributed by atoms with Crippen LogP contribution in [0.4, 0.5) is 0 Å². The average molecular weight is 494 g/mol. The van der Waals surface area contributed by atoms with E-state index in [1.807, 2.05) is 6.92 Å². The fourth-order valence-electron chi connectivity index (χ4n) is 3.19. The van der Waals surface area contributed by atoms with Gasteiger partial charge in [0.1, 0.15) is 6.04 Å². The molecule has 0 aliphatic rings. The number of aliphatic imine (C=N–C) groups is 1. The molecule has 0 aliphatic heterocycles. The van der Waals surface area contributed by atoms with Crippen molar-refractivity contribution in [2.24, 2.45) is 16.5 Å². The molecule has 10 nitrogen and oxygen atoms in total. The molecular weight excluding hydrogens is 466 g/mol. The highest BCUT2D eigenvalue weighted by Crippen LogP contribution is 2.22. The molecule has 1 amide bonds. The van der Waals surface area contributed by atoms with Crippen LogP contribution >= 0.6 is 11.3 Å². The molecule has 1 aromatic carbocycles. The number of thiophene rings is 1. The Kier molecular flexibility index (Phi) is 8.74. The first-order chi connectivity index (χ1) is 15.4. The van der Waals surface area contributed by atoms with Crippen molar-refractivity contribution in [2.45, 2.75) is 31.7 Å². The standard InChI is InChI=1S/C21H27N5O5S2/c1-12-9-13(2)18(14(3)10-12)33(30,31)26-16(20(28)29)11-25-19(27)17-7-6-15(32-17)5-4-8-24-21(22)23/h4-7,9-10,16,26H,8,11H2,1-3H3,(H,25,27)(H,28,29)(H4,22,23,24)/b5-4-/t16-/m0/s1. The van der Waals surface area contributed by atoms with Crippen LogP contribution in [0.1, 0.15) is 31.2 Å². The number of carboxylic acids is 1. The van der Waals surface area contributed by atoms with Crippen molar-refractivity contribution in [1.29, 1.82) is 0 Å². The van der Waals surface area contributed by atoms with Crippen molar-refractivity contribution in [3.8, 4) is 0 Å². The highest BCUT2D eigenvalue weighted by molar-refractivity contribution is 7.89. The van der Waals surface area contributed by atoms with Crippen LogP contribution in [0.25, 0.3) is 6.08 Å². The fourth-order valence-corrected chi connectivity index (χ4v) is 5.69. The van der Waals surface area contributed by atoms with Crippen LogP contribution in [-0.2, 0) is 14.8 Å². The summed E-state index contributed by atoms with van der Waals surface area (Å²) in [5.41, 5.74) is 12.4. The SMILES string of the molecule is Cc1cc(C)c(S(=O)(=O)N[C@@H](CNC(=O)c2ccc(/C=C\CN=C(N)N)s2)C(=O)O)c(C)c1. The zero-order valence-corrected chi connectivity index (χ0v) is 20.1. The lowest BCUT2D eigenvalue weighted by molar-refractivity contribution is -0.138. The molecule has 12 heteroatoms. The quantitative estimate of drug-likeness (QED) is 0.243. The van der Waals surface area contributed by atoms with Gasteiger partial charge in [0, 0.05) is 11.4 Å². The van der Waals surface area contributed by atoms with E-state index < -0.39 is 34.5 Å². The Morgan fingerprint density at radius 3 is 2.39 bits per heavy atom. The lowest BCUT2D eigenvalue weighted by atomic mass is 10.1. The van der Waals surface area contributed by atoms with Gasteiger partial charge in [-0.05, 0) is 50.1 Å².